The molecular formula is C27H36N2O6S2. The quantitative estimate of drug-likeness (QED) is 0.567. The van der Waals surface area contributed by atoms with Crippen LogP contribution in [0.15, 0.2) is 58.3 Å². The highest BCUT2D eigenvalue weighted by molar-refractivity contribution is 7.89. The molecule has 37 heavy (non-hydrogen) atoms. The molecule has 0 amide bonds. The Morgan fingerprint density at radius 1 is 1.19 bits per heavy atom. The first-order valence-electron chi connectivity index (χ1n) is 12.6. The molecule has 1 aliphatic heterocycles. The predicted molar refractivity (Wildman–Crippen MR) is 143 cm³/mol. The monoisotopic (exact) mass is 548 g/mol. The van der Waals surface area contributed by atoms with E-state index < -0.39 is 32.2 Å². The smallest absolute Gasteiger partial charge is 0.247 e. The number of rotatable bonds is 7. The molecule has 1 heterocycles. The van der Waals surface area contributed by atoms with Crippen molar-refractivity contribution in [3.63, 3.8) is 0 Å². The zero-order valence-corrected chi connectivity index (χ0v) is 23.4. The minimum atomic E-state index is -3.96. The van der Waals surface area contributed by atoms with Crippen LogP contribution in [0.3, 0.4) is 0 Å². The lowest BCUT2D eigenvalue weighted by molar-refractivity contribution is 0.0904. The second-order valence-electron chi connectivity index (χ2n) is 10.1. The highest BCUT2D eigenvalue weighted by atomic mass is 32.2. The number of likely N-dealkylation sites (N-methyl/N-ethyl adjacent to an activating group) is 1. The van der Waals surface area contributed by atoms with E-state index in [1.165, 1.54) is 15.7 Å². The molecule has 0 unspecified atom stereocenters. The standard InChI is InChI=1S/C27H36N2O6S2/c1-19-9-12-24(13-10-19)36(31,32)28(4)17-26-20(2)16-29(21(3)18-30)37(33,34)27-14-11-23(15-25(27)35-26)22-7-5-6-8-22/h7,9-15,20-21,26,30H,5-6,8,16-18H2,1-4H3/t20-,21-,26+/m1/s1. The van der Waals surface area contributed by atoms with Gasteiger partial charge in [-0.2, -0.15) is 8.61 Å². The molecule has 2 aromatic carbocycles. The molecule has 10 heteroatoms. The summed E-state index contributed by atoms with van der Waals surface area (Å²) < 4.78 is 62.9. The number of hydrogen-bond acceptors (Lipinski definition) is 6. The van der Waals surface area contributed by atoms with E-state index in [9.17, 15) is 21.9 Å². The number of benzene rings is 2. The molecule has 4 rings (SSSR count). The summed E-state index contributed by atoms with van der Waals surface area (Å²) in [6.45, 7) is 5.18. The number of nitrogens with zero attached hydrogens (tertiary/aromatic N) is 2. The Labute approximate surface area is 220 Å². The van der Waals surface area contributed by atoms with Gasteiger partial charge in [-0.05, 0) is 68.5 Å². The third kappa shape index (κ3) is 5.63. The number of aliphatic hydroxyl groups is 1. The third-order valence-corrected chi connectivity index (χ3v) is 11.1. The Hall–Kier alpha value is -2.24. The number of fused-ring (bicyclic) bond motifs is 1. The SMILES string of the molecule is Cc1ccc(S(=O)(=O)N(C)C[C@@H]2Oc3cc(C4=CCCC4)ccc3S(=O)(=O)N([C@H](C)CO)C[C@H]2C)cc1. The van der Waals surface area contributed by atoms with E-state index in [2.05, 4.69) is 6.08 Å². The van der Waals surface area contributed by atoms with Gasteiger partial charge in [-0.25, -0.2) is 16.8 Å². The van der Waals surface area contributed by atoms with Crippen molar-refractivity contribution >= 4 is 25.6 Å². The molecule has 0 bridgehead atoms. The van der Waals surface area contributed by atoms with E-state index in [4.69, 9.17) is 4.74 Å². The number of aryl methyl sites for hydroxylation is 1. The second-order valence-corrected chi connectivity index (χ2v) is 14.0. The van der Waals surface area contributed by atoms with Crippen LogP contribution in [0.5, 0.6) is 5.75 Å². The summed E-state index contributed by atoms with van der Waals surface area (Å²) in [5.74, 6) is -0.153. The normalized spacial score (nSPS) is 23.0. The van der Waals surface area contributed by atoms with Crippen LogP contribution in [0.1, 0.15) is 44.2 Å². The number of ether oxygens (including phenoxy) is 1. The molecular weight excluding hydrogens is 512 g/mol. The first-order valence-corrected chi connectivity index (χ1v) is 15.5. The van der Waals surface area contributed by atoms with E-state index >= 15 is 0 Å². The first kappa shape index (κ1) is 27.8. The highest BCUT2D eigenvalue weighted by Crippen LogP contribution is 2.37. The molecule has 2 aliphatic rings. The van der Waals surface area contributed by atoms with E-state index in [0.29, 0.717) is 0 Å². The van der Waals surface area contributed by atoms with Crippen LogP contribution in [-0.2, 0) is 20.0 Å². The summed E-state index contributed by atoms with van der Waals surface area (Å²) >= 11 is 0. The average molecular weight is 549 g/mol. The summed E-state index contributed by atoms with van der Waals surface area (Å²) in [5.41, 5.74) is 3.01. The molecule has 1 aliphatic carbocycles. The van der Waals surface area contributed by atoms with Crippen molar-refractivity contribution in [1.82, 2.24) is 8.61 Å². The topological polar surface area (TPSA) is 104 Å². The van der Waals surface area contributed by atoms with Crippen LogP contribution < -0.4 is 4.74 Å². The van der Waals surface area contributed by atoms with Gasteiger partial charge in [-0.3, -0.25) is 0 Å². The van der Waals surface area contributed by atoms with Gasteiger partial charge < -0.3 is 9.84 Å². The zero-order chi connectivity index (χ0) is 27.0. The van der Waals surface area contributed by atoms with Crippen LogP contribution in [-0.4, -0.2) is 69.4 Å². The number of aliphatic hydroxyl groups excluding tert-OH is 1. The molecule has 3 atom stereocenters. The van der Waals surface area contributed by atoms with E-state index in [0.717, 1.165) is 36.0 Å². The number of hydrogen-bond donors (Lipinski definition) is 1. The lowest BCUT2D eigenvalue weighted by atomic mass is 10.0. The second kappa shape index (κ2) is 10.9. The molecule has 0 saturated carbocycles. The summed E-state index contributed by atoms with van der Waals surface area (Å²) in [6.07, 6.45) is 4.47. The van der Waals surface area contributed by atoms with Crippen LogP contribution in [0, 0.1) is 12.8 Å². The zero-order valence-electron chi connectivity index (χ0n) is 21.8. The van der Waals surface area contributed by atoms with Crippen molar-refractivity contribution in [1.29, 1.82) is 0 Å². The van der Waals surface area contributed by atoms with Crippen molar-refractivity contribution in [2.45, 2.75) is 62.0 Å². The molecule has 0 saturated heterocycles. The minimum Gasteiger partial charge on any atom is -0.487 e. The fraction of sp³-hybridized carbons (Fsp3) is 0.481. The van der Waals surface area contributed by atoms with Gasteiger partial charge >= 0.3 is 0 Å². The van der Waals surface area contributed by atoms with Gasteiger partial charge in [0, 0.05) is 25.6 Å². The van der Waals surface area contributed by atoms with Crippen molar-refractivity contribution in [3.8, 4) is 5.75 Å². The van der Waals surface area contributed by atoms with Gasteiger partial charge in [-0.1, -0.05) is 36.8 Å². The first-order chi connectivity index (χ1) is 17.4. The summed E-state index contributed by atoms with van der Waals surface area (Å²) in [5, 5.41) is 9.83. The predicted octanol–water partition coefficient (Wildman–Crippen LogP) is 3.65. The van der Waals surface area contributed by atoms with Crippen molar-refractivity contribution in [2.24, 2.45) is 5.92 Å². The van der Waals surface area contributed by atoms with Crippen molar-refractivity contribution < 1.29 is 26.7 Å². The van der Waals surface area contributed by atoms with Gasteiger partial charge in [0.05, 0.1) is 18.0 Å². The van der Waals surface area contributed by atoms with E-state index in [1.54, 1.807) is 49.4 Å². The average Bonchev–Trinajstić information content (AvgIpc) is 3.41. The van der Waals surface area contributed by atoms with Crippen molar-refractivity contribution in [2.75, 3.05) is 26.7 Å². The van der Waals surface area contributed by atoms with Crippen molar-refractivity contribution in [3.05, 3.63) is 59.7 Å². The van der Waals surface area contributed by atoms with Gasteiger partial charge in [0.2, 0.25) is 20.0 Å². The summed E-state index contributed by atoms with van der Waals surface area (Å²) in [6, 6.07) is 11.1. The largest absolute Gasteiger partial charge is 0.487 e. The maximum Gasteiger partial charge on any atom is 0.247 e. The highest BCUT2D eigenvalue weighted by Gasteiger charge is 2.39. The van der Waals surface area contributed by atoms with E-state index in [1.807, 2.05) is 13.8 Å². The Morgan fingerprint density at radius 2 is 1.89 bits per heavy atom. The lowest BCUT2D eigenvalue weighted by Crippen LogP contribution is -2.50. The Morgan fingerprint density at radius 3 is 2.51 bits per heavy atom. The number of allylic oxidation sites excluding steroid dienone is 2. The summed E-state index contributed by atoms with van der Waals surface area (Å²) in [4.78, 5) is 0.212. The summed E-state index contributed by atoms with van der Waals surface area (Å²) in [7, 11) is -6.23. The van der Waals surface area contributed by atoms with Crippen LogP contribution in [0.2, 0.25) is 0 Å². The molecule has 8 nitrogen and oxygen atoms in total. The molecule has 1 N–H and O–H groups in total. The van der Waals surface area contributed by atoms with Crippen LogP contribution in [0.4, 0.5) is 0 Å². The Kier molecular flexibility index (Phi) is 8.16. The molecule has 0 fully saturated rings. The maximum absolute atomic E-state index is 13.7. The third-order valence-electron chi connectivity index (χ3n) is 7.25. The van der Waals surface area contributed by atoms with Gasteiger partial charge in [-0.15, -0.1) is 0 Å². The fourth-order valence-corrected chi connectivity index (χ4v) is 7.83. The number of sulfonamides is 2. The lowest BCUT2D eigenvalue weighted by Gasteiger charge is -2.37. The van der Waals surface area contributed by atoms with Gasteiger partial charge in [0.15, 0.2) is 0 Å². The van der Waals surface area contributed by atoms with E-state index in [-0.39, 0.29) is 41.2 Å². The van der Waals surface area contributed by atoms with Crippen LogP contribution in [0.25, 0.3) is 5.57 Å². The van der Waals surface area contributed by atoms with Gasteiger partial charge in [0.25, 0.3) is 0 Å². The molecule has 0 spiro atoms. The van der Waals surface area contributed by atoms with Crippen LogP contribution >= 0.6 is 0 Å². The maximum atomic E-state index is 13.7. The van der Waals surface area contributed by atoms with Gasteiger partial charge in [0.1, 0.15) is 16.7 Å². The minimum absolute atomic E-state index is 0.0242. The molecule has 0 radical (unpaired) electrons. The molecule has 2 aromatic rings. The molecule has 0 aromatic heterocycles. The molecule has 202 valence electrons. The fourth-order valence-electron chi connectivity index (χ4n) is 4.82. The Bertz CT molecular complexity index is 1370. The Balaban J connectivity index is 1.74.